The summed E-state index contributed by atoms with van der Waals surface area (Å²) in [6.45, 7) is 9.87. The van der Waals surface area contributed by atoms with Crippen LogP contribution in [0.1, 0.15) is 39.7 Å². The van der Waals surface area contributed by atoms with Crippen molar-refractivity contribution in [1.82, 2.24) is 0 Å². The Bertz CT molecular complexity index is 1310. The van der Waals surface area contributed by atoms with Crippen LogP contribution in [0.4, 0.5) is 0 Å². The van der Waals surface area contributed by atoms with Crippen molar-refractivity contribution < 1.29 is 4.43 Å². The monoisotopic (exact) mass is 488 g/mol. The van der Waals surface area contributed by atoms with Gasteiger partial charge in [0.1, 0.15) is 0 Å². The molecule has 0 amide bonds. The number of rotatable bonds is 7. The van der Waals surface area contributed by atoms with Crippen LogP contribution in [0.2, 0.25) is 5.04 Å². The van der Waals surface area contributed by atoms with Gasteiger partial charge in [0.15, 0.2) is 0 Å². The molecule has 0 aromatic heterocycles. The Balaban J connectivity index is 1.46. The average molecular weight is 489 g/mol. The van der Waals surface area contributed by atoms with Crippen LogP contribution in [0, 0.1) is 17.8 Å². The van der Waals surface area contributed by atoms with Crippen LogP contribution in [-0.4, -0.2) is 14.9 Å². The van der Waals surface area contributed by atoms with Crippen molar-refractivity contribution in [2.75, 3.05) is 6.61 Å². The first-order valence-electron chi connectivity index (χ1n) is 12.8. The fraction of sp³-hybridized carbons (Fsp3) is 0.235. The first-order valence-corrected chi connectivity index (χ1v) is 14.7. The fourth-order valence-electron chi connectivity index (χ4n) is 4.85. The summed E-state index contributed by atoms with van der Waals surface area (Å²) in [5.74, 6) is 6.91. The second kappa shape index (κ2) is 11.6. The van der Waals surface area contributed by atoms with E-state index in [9.17, 15) is 0 Å². The van der Waals surface area contributed by atoms with Crippen molar-refractivity contribution in [2.24, 2.45) is 5.92 Å². The van der Waals surface area contributed by atoms with E-state index in [4.69, 9.17) is 4.43 Å². The van der Waals surface area contributed by atoms with Crippen LogP contribution >= 0.6 is 0 Å². The lowest BCUT2D eigenvalue weighted by molar-refractivity contribution is 0.267. The predicted molar refractivity (Wildman–Crippen MR) is 157 cm³/mol. The highest BCUT2D eigenvalue weighted by molar-refractivity contribution is 6.99. The molecule has 0 aliphatic rings. The fourth-order valence-corrected chi connectivity index (χ4v) is 9.52. The third kappa shape index (κ3) is 5.87. The molecule has 0 spiro atoms. The van der Waals surface area contributed by atoms with Crippen LogP contribution in [0.3, 0.4) is 0 Å². The molecule has 2 heteroatoms. The lowest BCUT2D eigenvalue weighted by Gasteiger charge is -2.43. The summed E-state index contributed by atoms with van der Waals surface area (Å²) in [7, 11) is -2.50. The Morgan fingerprint density at radius 1 is 0.778 bits per heavy atom. The lowest BCUT2D eigenvalue weighted by atomic mass is 10.1. The molecule has 0 aliphatic carbocycles. The highest BCUT2D eigenvalue weighted by Crippen LogP contribution is 2.37. The van der Waals surface area contributed by atoms with E-state index in [0.717, 1.165) is 12.0 Å². The van der Waals surface area contributed by atoms with Gasteiger partial charge in [-0.1, -0.05) is 143 Å². The molecule has 0 N–H and O–H groups in total. The van der Waals surface area contributed by atoms with Crippen molar-refractivity contribution >= 4 is 29.5 Å². The van der Waals surface area contributed by atoms with E-state index in [1.165, 1.54) is 21.1 Å². The van der Waals surface area contributed by atoms with Crippen LogP contribution in [-0.2, 0) is 4.43 Å². The van der Waals surface area contributed by atoms with Gasteiger partial charge in [0.05, 0.1) is 0 Å². The molecule has 1 atom stereocenters. The topological polar surface area (TPSA) is 9.23 Å². The Morgan fingerprint density at radius 3 is 1.97 bits per heavy atom. The molecule has 0 saturated carbocycles. The van der Waals surface area contributed by atoms with Crippen molar-refractivity contribution in [3.8, 4) is 11.8 Å². The van der Waals surface area contributed by atoms with Crippen molar-refractivity contribution in [2.45, 2.75) is 39.2 Å². The molecule has 0 bridgehead atoms. The van der Waals surface area contributed by atoms with Crippen LogP contribution in [0.25, 0.3) is 10.8 Å². The third-order valence-corrected chi connectivity index (χ3v) is 11.7. The molecule has 0 radical (unpaired) electrons. The van der Waals surface area contributed by atoms with Gasteiger partial charge in [0, 0.05) is 18.6 Å². The molecule has 0 saturated heterocycles. The zero-order chi connectivity index (χ0) is 25.4. The third-order valence-electron chi connectivity index (χ3n) is 6.65. The summed E-state index contributed by atoms with van der Waals surface area (Å²) in [5.41, 5.74) is 1.06. The maximum Gasteiger partial charge on any atom is 0.261 e. The first-order chi connectivity index (χ1) is 17.4. The van der Waals surface area contributed by atoms with Gasteiger partial charge >= 0.3 is 0 Å². The van der Waals surface area contributed by atoms with Crippen LogP contribution in [0.15, 0.2) is 115 Å². The highest BCUT2D eigenvalue weighted by Gasteiger charge is 2.50. The van der Waals surface area contributed by atoms with Gasteiger partial charge in [0.25, 0.3) is 8.32 Å². The Labute approximate surface area is 218 Å². The standard InChI is InChI=1S/C34H36OSi/c1-28(16-8-5-9-17-29-24-25-30-18-14-15-19-31(30)26-29)27-35-36(34(2,3)4,32-20-10-6-11-21-32)33-22-12-7-13-23-33/h6-8,10-16,18-26,28H,5,27H2,1-4H3/b16-8+. The van der Waals surface area contributed by atoms with Crippen molar-refractivity contribution in [3.05, 3.63) is 121 Å². The number of hydrogen-bond acceptors (Lipinski definition) is 1. The van der Waals surface area contributed by atoms with E-state index in [1.807, 2.05) is 0 Å². The summed E-state index contributed by atoms with van der Waals surface area (Å²) in [6, 6.07) is 36.5. The van der Waals surface area contributed by atoms with Crippen molar-refractivity contribution in [3.63, 3.8) is 0 Å². The average Bonchev–Trinajstić information content (AvgIpc) is 2.89. The molecule has 36 heavy (non-hydrogen) atoms. The number of allylic oxidation sites excluding steroid dienone is 1. The van der Waals surface area contributed by atoms with Crippen LogP contribution in [0.5, 0.6) is 0 Å². The zero-order valence-corrected chi connectivity index (χ0v) is 22.9. The number of hydrogen-bond donors (Lipinski definition) is 0. The Kier molecular flexibility index (Phi) is 8.26. The van der Waals surface area contributed by atoms with E-state index in [1.54, 1.807) is 0 Å². The molecule has 4 aromatic rings. The van der Waals surface area contributed by atoms with Gasteiger partial charge in [-0.2, -0.15) is 0 Å². The van der Waals surface area contributed by atoms with E-state index >= 15 is 0 Å². The Morgan fingerprint density at radius 2 is 1.36 bits per heavy atom. The van der Waals surface area contributed by atoms with Gasteiger partial charge in [0.2, 0.25) is 0 Å². The molecule has 0 aliphatic heterocycles. The largest absolute Gasteiger partial charge is 0.407 e. The molecule has 4 aromatic carbocycles. The van der Waals surface area contributed by atoms with Crippen LogP contribution < -0.4 is 10.4 Å². The maximum absolute atomic E-state index is 7.05. The summed E-state index contributed by atoms with van der Waals surface area (Å²) < 4.78 is 7.05. The zero-order valence-electron chi connectivity index (χ0n) is 21.9. The summed E-state index contributed by atoms with van der Waals surface area (Å²) >= 11 is 0. The second-order valence-electron chi connectivity index (χ2n) is 10.4. The lowest BCUT2D eigenvalue weighted by Crippen LogP contribution is -2.66. The minimum Gasteiger partial charge on any atom is -0.407 e. The molecular weight excluding hydrogens is 452 g/mol. The molecule has 0 fully saturated rings. The predicted octanol–water partition coefficient (Wildman–Crippen LogP) is 7.35. The summed E-state index contributed by atoms with van der Waals surface area (Å²) in [4.78, 5) is 0. The van der Waals surface area contributed by atoms with Gasteiger partial charge < -0.3 is 4.43 Å². The molecular formula is C34H36OSi. The smallest absolute Gasteiger partial charge is 0.261 e. The summed E-state index contributed by atoms with van der Waals surface area (Å²) in [5, 5.41) is 5.11. The van der Waals surface area contributed by atoms with E-state index < -0.39 is 8.32 Å². The van der Waals surface area contributed by atoms with Gasteiger partial charge in [-0.3, -0.25) is 0 Å². The Hall–Kier alpha value is -3.38. The van der Waals surface area contributed by atoms with Crippen molar-refractivity contribution in [1.29, 1.82) is 0 Å². The second-order valence-corrected chi connectivity index (χ2v) is 14.8. The highest BCUT2D eigenvalue weighted by atomic mass is 28.4. The molecule has 1 nitrogen and oxygen atoms in total. The minimum atomic E-state index is -2.50. The molecule has 0 heterocycles. The number of fused-ring (bicyclic) bond motifs is 1. The van der Waals surface area contributed by atoms with E-state index in [0.29, 0.717) is 12.5 Å². The summed E-state index contributed by atoms with van der Waals surface area (Å²) in [6.07, 6.45) is 5.15. The quantitative estimate of drug-likeness (QED) is 0.150. The molecule has 182 valence electrons. The maximum atomic E-state index is 7.05. The SMILES string of the molecule is CC(/C=C/CC#Cc1ccc2ccccc2c1)CO[Si](c1ccccc1)(c1ccccc1)C(C)(C)C. The van der Waals surface area contributed by atoms with Gasteiger partial charge in [-0.25, -0.2) is 0 Å². The van der Waals surface area contributed by atoms with E-state index in [2.05, 4.69) is 155 Å². The van der Waals surface area contributed by atoms with Gasteiger partial charge in [-0.05, 0) is 44.2 Å². The van der Waals surface area contributed by atoms with E-state index in [-0.39, 0.29) is 5.04 Å². The molecule has 4 rings (SSSR count). The molecule has 1 unspecified atom stereocenters. The normalized spacial score (nSPS) is 12.9. The minimum absolute atomic E-state index is 0.00945. The van der Waals surface area contributed by atoms with Gasteiger partial charge in [-0.15, -0.1) is 0 Å². The number of benzene rings is 4. The first kappa shape index (κ1) is 25.7.